The van der Waals surface area contributed by atoms with Crippen molar-refractivity contribution in [2.24, 2.45) is 0 Å². The van der Waals surface area contributed by atoms with Crippen molar-refractivity contribution in [1.29, 1.82) is 0 Å². The number of carbonyl (C=O) groups is 1. The van der Waals surface area contributed by atoms with Crippen molar-refractivity contribution >= 4 is 33.2 Å². The van der Waals surface area contributed by atoms with Crippen LogP contribution in [0.1, 0.15) is 10.4 Å². The van der Waals surface area contributed by atoms with Gasteiger partial charge in [0.15, 0.2) is 0 Å². The fraction of sp³-hybridized carbons (Fsp3) is 0.235. The number of non-ortho nitro benzene ring substituents is 1. The minimum atomic E-state index is -0.521. The third-order valence-corrected chi connectivity index (χ3v) is 3.86. The van der Waals surface area contributed by atoms with E-state index in [1.165, 1.54) is 12.1 Å². The first-order chi connectivity index (χ1) is 11.9. The number of nitrogens with zero attached hydrogens (tertiary/aromatic N) is 2. The number of ether oxygens (including phenoxy) is 1. The molecule has 25 heavy (non-hydrogen) atoms. The summed E-state index contributed by atoms with van der Waals surface area (Å²) in [6.45, 7) is 0.565. The predicted molar refractivity (Wildman–Crippen MR) is 99.4 cm³/mol. The van der Waals surface area contributed by atoms with E-state index in [1.54, 1.807) is 25.1 Å². The highest BCUT2D eigenvalue weighted by atomic mass is 79.9. The second-order valence-electron chi connectivity index (χ2n) is 5.41. The van der Waals surface area contributed by atoms with Crippen molar-refractivity contribution in [2.75, 3.05) is 32.1 Å². The van der Waals surface area contributed by atoms with E-state index in [9.17, 15) is 14.9 Å². The Morgan fingerprint density at radius 3 is 2.68 bits per heavy atom. The number of hydrogen-bond acceptors (Lipinski definition) is 5. The summed E-state index contributed by atoms with van der Waals surface area (Å²) in [6, 6.07) is 11.6. The molecule has 0 fully saturated rings. The molecule has 8 heteroatoms. The highest BCUT2D eigenvalue weighted by Crippen LogP contribution is 2.24. The number of rotatable bonds is 7. The SMILES string of the molecule is CN(C)c1ccc([N+](=O)[O-])cc1C(=O)NCCOc1cccc(Br)c1. The van der Waals surface area contributed by atoms with Gasteiger partial charge in [0.05, 0.1) is 17.0 Å². The molecule has 2 rings (SSSR count). The van der Waals surface area contributed by atoms with Gasteiger partial charge in [0.2, 0.25) is 0 Å². The summed E-state index contributed by atoms with van der Waals surface area (Å²) in [5.74, 6) is 0.304. The minimum Gasteiger partial charge on any atom is -0.492 e. The van der Waals surface area contributed by atoms with Gasteiger partial charge >= 0.3 is 0 Å². The van der Waals surface area contributed by atoms with Crippen LogP contribution in [0.15, 0.2) is 46.9 Å². The molecule has 0 radical (unpaired) electrons. The predicted octanol–water partition coefficient (Wildman–Crippen LogP) is 3.23. The Hall–Kier alpha value is -2.61. The molecule has 2 aromatic carbocycles. The van der Waals surface area contributed by atoms with Gasteiger partial charge in [0.25, 0.3) is 11.6 Å². The molecule has 2 aromatic rings. The summed E-state index contributed by atoms with van der Waals surface area (Å²) in [5, 5.41) is 13.7. The highest BCUT2D eigenvalue weighted by Gasteiger charge is 2.17. The van der Waals surface area contributed by atoms with Crippen molar-refractivity contribution in [1.82, 2.24) is 5.32 Å². The van der Waals surface area contributed by atoms with E-state index in [-0.39, 0.29) is 30.3 Å². The Bertz CT molecular complexity index is 780. The van der Waals surface area contributed by atoms with Gasteiger partial charge < -0.3 is 15.0 Å². The molecule has 1 amide bonds. The number of anilines is 1. The molecule has 0 spiro atoms. The van der Waals surface area contributed by atoms with E-state index in [0.717, 1.165) is 4.47 Å². The Morgan fingerprint density at radius 2 is 2.04 bits per heavy atom. The van der Waals surface area contributed by atoms with Gasteiger partial charge in [-0.25, -0.2) is 0 Å². The van der Waals surface area contributed by atoms with Crippen LogP contribution in [0.25, 0.3) is 0 Å². The lowest BCUT2D eigenvalue weighted by atomic mass is 10.1. The average Bonchev–Trinajstić information content (AvgIpc) is 2.58. The number of nitrogens with one attached hydrogen (secondary N) is 1. The van der Waals surface area contributed by atoms with Crippen LogP contribution in [0.2, 0.25) is 0 Å². The first kappa shape index (κ1) is 18.7. The molecule has 132 valence electrons. The van der Waals surface area contributed by atoms with Crippen molar-refractivity contribution in [3.8, 4) is 5.75 Å². The maximum atomic E-state index is 12.4. The lowest BCUT2D eigenvalue weighted by Crippen LogP contribution is -2.29. The normalized spacial score (nSPS) is 10.2. The Labute approximate surface area is 153 Å². The molecule has 0 saturated heterocycles. The zero-order valence-corrected chi connectivity index (χ0v) is 15.4. The van der Waals surface area contributed by atoms with Crippen LogP contribution < -0.4 is 15.0 Å². The van der Waals surface area contributed by atoms with Crippen LogP contribution in [0.5, 0.6) is 5.75 Å². The summed E-state index contributed by atoms with van der Waals surface area (Å²) in [7, 11) is 3.54. The van der Waals surface area contributed by atoms with Crippen molar-refractivity contribution < 1.29 is 14.5 Å². The van der Waals surface area contributed by atoms with Crippen LogP contribution in [-0.2, 0) is 0 Å². The van der Waals surface area contributed by atoms with Crippen LogP contribution in [-0.4, -0.2) is 38.1 Å². The highest BCUT2D eigenvalue weighted by molar-refractivity contribution is 9.10. The number of halogens is 1. The second kappa shape index (κ2) is 8.48. The second-order valence-corrected chi connectivity index (χ2v) is 6.33. The fourth-order valence-electron chi connectivity index (χ4n) is 2.19. The summed E-state index contributed by atoms with van der Waals surface area (Å²) >= 11 is 3.36. The summed E-state index contributed by atoms with van der Waals surface area (Å²) < 4.78 is 6.45. The van der Waals surface area contributed by atoms with Crippen LogP contribution in [0.4, 0.5) is 11.4 Å². The molecule has 0 saturated carbocycles. The molecule has 0 aromatic heterocycles. The van der Waals surface area contributed by atoms with Crippen molar-refractivity contribution in [3.63, 3.8) is 0 Å². The molecule has 0 heterocycles. The van der Waals surface area contributed by atoms with Gasteiger partial charge in [-0.2, -0.15) is 0 Å². The monoisotopic (exact) mass is 407 g/mol. The number of nitro groups is 1. The maximum absolute atomic E-state index is 12.4. The van der Waals surface area contributed by atoms with Crippen LogP contribution >= 0.6 is 15.9 Å². The number of benzene rings is 2. The molecule has 0 bridgehead atoms. The first-order valence-electron chi connectivity index (χ1n) is 7.51. The Balaban J connectivity index is 2.00. The average molecular weight is 408 g/mol. The molecule has 1 N–H and O–H groups in total. The molecule has 0 aliphatic heterocycles. The number of hydrogen-bond donors (Lipinski definition) is 1. The Morgan fingerprint density at radius 1 is 1.28 bits per heavy atom. The summed E-state index contributed by atoms with van der Waals surface area (Å²) in [5.41, 5.74) is 0.735. The molecule has 0 unspecified atom stereocenters. The van der Waals surface area contributed by atoms with Gasteiger partial charge in [0.1, 0.15) is 12.4 Å². The zero-order chi connectivity index (χ0) is 18.4. The van der Waals surface area contributed by atoms with Gasteiger partial charge in [-0.15, -0.1) is 0 Å². The Kier molecular flexibility index (Phi) is 6.35. The molecule has 7 nitrogen and oxygen atoms in total. The lowest BCUT2D eigenvalue weighted by Gasteiger charge is -2.17. The molecule has 0 atom stereocenters. The van der Waals surface area contributed by atoms with E-state index in [1.807, 2.05) is 24.3 Å². The molecular weight excluding hydrogens is 390 g/mol. The third-order valence-electron chi connectivity index (χ3n) is 3.37. The standard InChI is InChI=1S/C17H18BrN3O4/c1-20(2)16-7-6-13(21(23)24)11-15(16)17(22)19-8-9-25-14-5-3-4-12(18)10-14/h3-7,10-11H,8-9H2,1-2H3,(H,19,22). The number of carbonyl (C=O) groups excluding carboxylic acids is 1. The maximum Gasteiger partial charge on any atom is 0.270 e. The third kappa shape index (κ3) is 5.18. The fourth-order valence-corrected chi connectivity index (χ4v) is 2.57. The van der Waals surface area contributed by atoms with Crippen LogP contribution in [0.3, 0.4) is 0 Å². The van der Waals surface area contributed by atoms with E-state index in [4.69, 9.17) is 4.74 Å². The largest absolute Gasteiger partial charge is 0.492 e. The summed E-state index contributed by atoms with van der Waals surface area (Å²) in [4.78, 5) is 24.5. The zero-order valence-electron chi connectivity index (χ0n) is 13.9. The molecule has 0 aliphatic rings. The van der Waals surface area contributed by atoms with Gasteiger partial charge in [-0.3, -0.25) is 14.9 Å². The summed E-state index contributed by atoms with van der Waals surface area (Å²) in [6.07, 6.45) is 0. The van der Waals surface area contributed by atoms with E-state index in [0.29, 0.717) is 11.4 Å². The topological polar surface area (TPSA) is 84.7 Å². The van der Waals surface area contributed by atoms with Gasteiger partial charge in [-0.05, 0) is 24.3 Å². The minimum absolute atomic E-state index is 0.124. The van der Waals surface area contributed by atoms with Gasteiger partial charge in [0, 0.05) is 36.4 Å². The van der Waals surface area contributed by atoms with Gasteiger partial charge in [-0.1, -0.05) is 22.0 Å². The molecule has 0 aliphatic carbocycles. The lowest BCUT2D eigenvalue weighted by molar-refractivity contribution is -0.384. The first-order valence-corrected chi connectivity index (χ1v) is 8.30. The smallest absolute Gasteiger partial charge is 0.270 e. The van der Waals surface area contributed by atoms with Crippen molar-refractivity contribution in [3.05, 3.63) is 62.6 Å². The van der Waals surface area contributed by atoms with Crippen molar-refractivity contribution in [2.45, 2.75) is 0 Å². The molecular formula is C17H18BrN3O4. The van der Waals surface area contributed by atoms with E-state index in [2.05, 4.69) is 21.2 Å². The van der Waals surface area contributed by atoms with Crippen LogP contribution in [0, 0.1) is 10.1 Å². The quantitative estimate of drug-likeness (QED) is 0.432. The van der Waals surface area contributed by atoms with E-state index >= 15 is 0 Å². The number of amides is 1. The van der Waals surface area contributed by atoms with E-state index < -0.39 is 4.92 Å². The number of nitro benzene ring substituents is 1.